The van der Waals surface area contributed by atoms with Gasteiger partial charge in [-0.15, -0.1) is 0 Å². The summed E-state index contributed by atoms with van der Waals surface area (Å²) in [5.74, 6) is 0.732. The number of benzene rings is 1. The van der Waals surface area contributed by atoms with Crippen molar-refractivity contribution in [1.29, 1.82) is 0 Å². The Bertz CT molecular complexity index is 715. The zero-order valence-electron chi connectivity index (χ0n) is 15.4. The molecule has 7 nitrogen and oxygen atoms in total. The molecule has 2 heterocycles. The Labute approximate surface area is 155 Å². The highest BCUT2D eigenvalue weighted by molar-refractivity contribution is 8.23. The van der Waals surface area contributed by atoms with Crippen molar-refractivity contribution in [2.75, 3.05) is 19.6 Å². The number of rotatable bonds is 2. The molecule has 0 aromatic heterocycles. The molecule has 26 heavy (non-hydrogen) atoms. The van der Waals surface area contributed by atoms with Crippen LogP contribution in [0.3, 0.4) is 0 Å². The van der Waals surface area contributed by atoms with Crippen molar-refractivity contribution < 1.29 is 18.6 Å². The first kappa shape index (κ1) is 19.0. The van der Waals surface area contributed by atoms with Gasteiger partial charge < -0.3 is 9.64 Å². The molecule has 0 saturated carbocycles. The summed E-state index contributed by atoms with van der Waals surface area (Å²) in [6.45, 7) is 7.40. The first-order valence-corrected chi connectivity index (χ1v) is 10.4. The average Bonchev–Trinajstić information content (AvgIpc) is 2.83. The van der Waals surface area contributed by atoms with Gasteiger partial charge in [-0.05, 0) is 51.7 Å². The summed E-state index contributed by atoms with van der Waals surface area (Å²) < 4.78 is 28.5. The summed E-state index contributed by atoms with van der Waals surface area (Å²) in [7, 11) is -3.02. The largest absolute Gasteiger partial charge is 0.444 e. The van der Waals surface area contributed by atoms with Crippen molar-refractivity contribution in [2.24, 2.45) is 10.9 Å². The van der Waals surface area contributed by atoms with Gasteiger partial charge in [-0.3, -0.25) is 18.8 Å². The number of aliphatic imine (C=N–C) groups is 1. The van der Waals surface area contributed by atoms with Crippen LogP contribution in [0.25, 0.3) is 0 Å². The Morgan fingerprint density at radius 1 is 1.38 bits per heavy atom. The number of likely N-dealkylation sites (tertiary alicyclic amines) is 1. The van der Waals surface area contributed by atoms with Gasteiger partial charge in [0.1, 0.15) is 11.4 Å². The number of nitrogens with one attached hydrogen (secondary N) is 1. The average molecular weight is 381 g/mol. The van der Waals surface area contributed by atoms with Crippen LogP contribution < -0.4 is 4.72 Å². The fourth-order valence-corrected chi connectivity index (χ4v) is 4.49. The third-order valence-electron chi connectivity index (χ3n) is 4.37. The minimum absolute atomic E-state index is 0.222. The molecule has 1 aromatic rings. The van der Waals surface area contributed by atoms with Crippen LogP contribution in [0, 0.1) is 5.92 Å². The second-order valence-corrected chi connectivity index (χ2v) is 9.51. The maximum Gasteiger partial charge on any atom is 0.410 e. The molecule has 1 unspecified atom stereocenters. The van der Waals surface area contributed by atoms with Crippen LogP contribution in [0.4, 0.5) is 4.79 Å². The lowest BCUT2D eigenvalue weighted by Crippen LogP contribution is -2.43. The molecule has 3 N–H and O–H groups in total. The number of fused-ring (bicyclic) bond motifs is 1. The molecule has 1 aromatic carbocycles. The van der Waals surface area contributed by atoms with E-state index >= 15 is 0 Å². The quantitative estimate of drug-likeness (QED) is 0.726. The van der Waals surface area contributed by atoms with E-state index in [0.29, 0.717) is 30.4 Å². The van der Waals surface area contributed by atoms with Crippen LogP contribution >= 0.6 is 10.8 Å². The van der Waals surface area contributed by atoms with E-state index in [1.807, 2.05) is 32.9 Å². The third-order valence-corrected chi connectivity index (χ3v) is 5.81. The highest BCUT2D eigenvalue weighted by Gasteiger charge is 2.32. The number of amidine groups is 1. The van der Waals surface area contributed by atoms with E-state index in [1.165, 1.54) is 0 Å². The van der Waals surface area contributed by atoms with E-state index in [4.69, 9.17) is 4.74 Å². The molecule has 1 fully saturated rings. The van der Waals surface area contributed by atoms with Crippen LogP contribution in [0.5, 0.6) is 0 Å². The molecule has 144 valence electrons. The van der Waals surface area contributed by atoms with Crippen LogP contribution in [-0.2, 0) is 4.74 Å². The highest BCUT2D eigenvalue weighted by Crippen LogP contribution is 2.50. The molecule has 0 aliphatic carbocycles. The van der Waals surface area contributed by atoms with Gasteiger partial charge in [-0.25, -0.2) is 4.79 Å². The normalized spacial score (nSPS) is 24.7. The fourth-order valence-electron chi connectivity index (χ4n) is 3.20. The van der Waals surface area contributed by atoms with Gasteiger partial charge in [-0.1, -0.05) is 22.9 Å². The van der Waals surface area contributed by atoms with Gasteiger partial charge in [0, 0.05) is 25.2 Å². The van der Waals surface area contributed by atoms with Crippen LogP contribution in [0.2, 0.25) is 0 Å². The summed E-state index contributed by atoms with van der Waals surface area (Å²) in [6.07, 6.45) is 1.61. The van der Waals surface area contributed by atoms with Gasteiger partial charge in [0.05, 0.1) is 4.90 Å². The molecular formula is C18H27N3O4S. The first-order valence-electron chi connectivity index (χ1n) is 8.83. The Balaban J connectivity index is 1.65. The SMILES string of the molecule is CC(C)(C)OC(=O)N1CCCC(CN=C2NS(O)(O)c3ccccc32)C1. The molecule has 1 atom stereocenters. The molecule has 0 bridgehead atoms. The summed E-state index contributed by atoms with van der Waals surface area (Å²) in [6, 6.07) is 7.15. The third kappa shape index (κ3) is 4.31. The van der Waals surface area contributed by atoms with E-state index in [9.17, 15) is 13.9 Å². The zero-order chi connectivity index (χ0) is 18.9. The van der Waals surface area contributed by atoms with Crippen LogP contribution in [0.15, 0.2) is 34.2 Å². The molecule has 2 aliphatic heterocycles. The number of ether oxygens (including phenoxy) is 1. The molecule has 2 aliphatic rings. The lowest BCUT2D eigenvalue weighted by atomic mass is 9.98. The molecule has 8 heteroatoms. The molecular weight excluding hydrogens is 354 g/mol. The number of carbonyl (C=O) groups excluding carboxylic acids is 1. The Kier molecular flexibility index (Phi) is 5.18. The van der Waals surface area contributed by atoms with Crippen molar-refractivity contribution in [2.45, 2.75) is 44.1 Å². The number of nitrogens with zero attached hydrogens (tertiary/aromatic N) is 2. The lowest BCUT2D eigenvalue weighted by Gasteiger charge is -2.33. The molecule has 0 radical (unpaired) electrons. The number of piperidine rings is 1. The highest BCUT2D eigenvalue weighted by atomic mass is 32.3. The van der Waals surface area contributed by atoms with Gasteiger partial charge in [0.25, 0.3) is 0 Å². The van der Waals surface area contributed by atoms with Crippen molar-refractivity contribution in [3.05, 3.63) is 29.8 Å². The number of hydrogen-bond acceptors (Lipinski definition) is 5. The maximum absolute atomic E-state index is 12.3. The number of hydrogen-bond donors (Lipinski definition) is 3. The van der Waals surface area contributed by atoms with Gasteiger partial charge in [-0.2, -0.15) is 0 Å². The Morgan fingerprint density at radius 2 is 2.12 bits per heavy atom. The molecule has 1 amide bonds. The smallest absolute Gasteiger partial charge is 0.410 e. The van der Waals surface area contributed by atoms with Crippen LogP contribution in [0.1, 0.15) is 39.2 Å². The Hall–Kier alpha value is -1.77. The zero-order valence-corrected chi connectivity index (χ0v) is 16.3. The van der Waals surface area contributed by atoms with Gasteiger partial charge in [0.15, 0.2) is 0 Å². The Morgan fingerprint density at radius 3 is 2.85 bits per heavy atom. The maximum atomic E-state index is 12.3. The van der Waals surface area contributed by atoms with Gasteiger partial charge in [0.2, 0.25) is 0 Å². The minimum Gasteiger partial charge on any atom is -0.444 e. The summed E-state index contributed by atoms with van der Waals surface area (Å²) in [4.78, 5) is 19.1. The topological polar surface area (TPSA) is 94.4 Å². The van der Waals surface area contributed by atoms with Crippen molar-refractivity contribution in [3.63, 3.8) is 0 Å². The monoisotopic (exact) mass is 381 g/mol. The lowest BCUT2D eigenvalue weighted by molar-refractivity contribution is 0.0171. The minimum atomic E-state index is -3.02. The van der Waals surface area contributed by atoms with Crippen LogP contribution in [-0.4, -0.2) is 51.2 Å². The number of carbonyl (C=O) groups is 1. The first-order chi connectivity index (χ1) is 12.2. The van der Waals surface area contributed by atoms with E-state index in [0.717, 1.165) is 18.4 Å². The second-order valence-electron chi connectivity index (χ2n) is 7.77. The van der Waals surface area contributed by atoms with E-state index in [-0.39, 0.29) is 12.0 Å². The number of amides is 1. The van der Waals surface area contributed by atoms with E-state index in [2.05, 4.69) is 9.71 Å². The van der Waals surface area contributed by atoms with Gasteiger partial charge >= 0.3 is 6.09 Å². The van der Waals surface area contributed by atoms with E-state index < -0.39 is 16.4 Å². The predicted molar refractivity (Wildman–Crippen MR) is 103 cm³/mol. The molecule has 1 saturated heterocycles. The van der Waals surface area contributed by atoms with Crippen molar-refractivity contribution in [1.82, 2.24) is 9.62 Å². The molecule has 0 spiro atoms. The fraction of sp³-hybridized carbons (Fsp3) is 0.556. The van der Waals surface area contributed by atoms with Crippen molar-refractivity contribution in [3.8, 4) is 0 Å². The second kappa shape index (κ2) is 7.09. The summed E-state index contributed by atoms with van der Waals surface area (Å²) in [5, 5.41) is 0. The predicted octanol–water partition coefficient (Wildman–Crippen LogP) is 3.71. The van der Waals surface area contributed by atoms with Crippen molar-refractivity contribution >= 4 is 22.7 Å². The summed E-state index contributed by atoms with van der Waals surface area (Å²) >= 11 is 0. The standard InChI is InChI=1S/C18H27N3O4S/c1-18(2,3)25-17(22)21-10-6-7-13(12-21)11-19-16-14-8-4-5-9-15(14)26(23,24)20-16/h4-5,8-9,13,23-24H,6-7,10-12H2,1-3H3,(H,19,20). The summed E-state index contributed by atoms with van der Waals surface area (Å²) in [5.41, 5.74) is 0.225. The molecule has 3 rings (SSSR count). The van der Waals surface area contributed by atoms with E-state index in [1.54, 1.807) is 17.0 Å².